The molecule has 0 atom stereocenters. The van der Waals surface area contributed by atoms with Gasteiger partial charge in [0.2, 0.25) is 5.76 Å². The molecule has 0 unspecified atom stereocenters. The number of carbonyl (C=O) groups is 2. The molecule has 0 aliphatic carbocycles. The fourth-order valence-electron chi connectivity index (χ4n) is 2.14. The Morgan fingerprint density at radius 2 is 2.16 bits per heavy atom. The minimum atomic E-state index is -0.842. The molecule has 7 nitrogen and oxygen atoms in total. The van der Waals surface area contributed by atoms with E-state index in [-0.39, 0.29) is 18.2 Å². The molecule has 1 aliphatic rings. The van der Waals surface area contributed by atoms with Crippen molar-refractivity contribution in [2.75, 3.05) is 32.7 Å². The molecule has 2 rings (SSSR count). The number of aromatic nitrogens is 1. The number of aliphatic carboxylic acids is 1. The zero-order valence-electron chi connectivity index (χ0n) is 10.8. The van der Waals surface area contributed by atoms with Crippen molar-refractivity contribution in [3.63, 3.8) is 0 Å². The predicted octanol–water partition coefficient (Wildman–Crippen LogP) is 0.216. The number of hydrogen-bond donors (Lipinski definition) is 1. The van der Waals surface area contributed by atoms with Gasteiger partial charge in [0.1, 0.15) is 0 Å². The highest BCUT2D eigenvalue weighted by Crippen LogP contribution is 2.10. The van der Waals surface area contributed by atoms with E-state index in [0.29, 0.717) is 31.9 Å². The van der Waals surface area contributed by atoms with Gasteiger partial charge in [-0.15, -0.1) is 0 Å². The van der Waals surface area contributed by atoms with Gasteiger partial charge in [-0.3, -0.25) is 14.5 Å². The second kappa shape index (κ2) is 5.83. The lowest BCUT2D eigenvalue weighted by atomic mass is 10.3. The third kappa shape index (κ3) is 3.54. The van der Waals surface area contributed by atoms with E-state index in [4.69, 9.17) is 9.63 Å². The lowest BCUT2D eigenvalue weighted by Gasteiger charge is -2.19. The van der Waals surface area contributed by atoms with Crippen LogP contribution in [0.2, 0.25) is 0 Å². The van der Waals surface area contributed by atoms with E-state index in [0.717, 1.165) is 6.42 Å². The third-order valence-corrected chi connectivity index (χ3v) is 3.07. The molecule has 0 spiro atoms. The van der Waals surface area contributed by atoms with Gasteiger partial charge in [0.05, 0.1) is 12.2 Å². The van der Waals surface area contributed by atoms with Crippen molar-refractivity contribution < 1.29 is 19.2 Å². The highest BCUT2D eigenvalue weighted by Gasteiger charge is 2.23. The molecule has 1 N–H and O–H groups in total. The number of carboxylic acid groups (broad SMARTS) is 1. The lowest BCUT2D eigenvalue weighted by Crippen LogP contribution is -2.36. The predicted molar refractivity (Wildman–Crippen MR) is 65.8 cm³/mol. The molecule has 0 bridgehead atoms. The first-order valence-corrected chi connectivity index (χ1v) is 6.23. The molecule has 104 valence electrons. The van der Waals surface area contributed by atoms with Crippen molar-refractivity contribution in [2.24, 2.45) is 0 Å². The molecule has 0 radical (unpaired) electrons. The summed E-state index contributed by atoms with van der Waals surface area (Å²) in [6.45, 7) is 4.14. The number of nitrogens with zero attached hydrogens (tertiary/aromatic N) is 3. The number of hydrogen-bond acceptors (Lipinski definition) is 5. The highest BCUT2D eigenvalue weighted by atomic mass is 16.5. The first-order chi connectivity index (χ1) is 9.06. The Kier molecular flexibility index (Phi) is 4.16. The van der Waals surface area contributed by atoms with Crippen molar-refractivity contribution in [1.29, 1.82) is 0 Å². The van der Waals surface area contributed by atoms with E-state index in [9.17, 15) is 9.59 Å². The van der Waals surface area contributed by atoms with Gasteiger partial charge in [0, 0.05) is 32.2 Å². The normalized spacial score (nSPS) is 17.2. The average molecular weight is 267 g/mol. The molecule has 1 amide bonds. The summed E-state index contributed by atoms with van der Waals surface area (Å²) in [4.78, 5) is 26.3. The summed E-state index contributed by atoms with van der Waals surface area (Å²) in [6, 6.07) is 1.61. The van der Waals surface area contributed by atoms with Gasteiger partial charge in [-0.2, -0.15) is 0 Å². The van der Waals surface area contributed by atoms with Crippen molar-refractivity contribution >= 4 is 11.9 Å². The Bertz CT molecular complexity index is 471. The average Bonchev–Trinajstić information content (AvgIpc) is 2.65. The van der Waals surface area contributed by atoms with Crippen LogP contribution >= 0.6 is 0 Å². The second-order valence-electron chi connectivity index (χ2n) is 4.65. The van der Waals surface area contributed by atoms with Crippen LogP contribution in [0, 0.1) is 6.92 Å². The van der Waals surface area contributed by atoms with Crippen molar-refractivity contribution in [3.05, 3.63) is 17.5 Å². The number of carboxylic acids is 1. The fourth-order valence-corrected chi connectivity index (χ4v) is 2.14. The molecule has 19 heavy (non-hydrogen) atoms. The molecule has 7 heteroatoms. The van der Waals surface area contributed by atoms with E-state index in [2.05, 4.69) is 5.16 Å². The van der Waals surface area contributed by atoms with E-state index < -0.39 is 5.97 Å². The molecule has 0 aromatic carbocycles. The van der Waals surface area contributed by atoms with E-state index in [1.165, 1.54) is 0 Å². The summed E-state index contributed by atoms with van der Waals surface area (Å²) in [5.41, 5.74) is 0.672. The first kappa shape index (κ1) is 13.5. The van der Waals surface area contributed by atoms with Gasteiger partial charge in [-0.25, -0.2) is 0 Å². The molecule has 1 fully saturated rings. The smallest absolute Gasteiger partial charge is 0.317 e. The van der Waals surface area contributed by atoms with Gasteiger partial charge in [-0.1, -0.05) is 5.16 Å². The second-order valence-corrected chi connectivity index (χ2v) is 4.65. The molecule has 2 heterocycles. The number of amides is 1. The van der Waals surface area contributed by atoms with Gasteiger partial charge < -0.3 is 14.5 Å². The largest absolute Gasteiger partial charge is 0.480 e. The van der Waals surface area contributed by atoms with Crippen LogP contribution in [0.25, 0.3) is 0 Å². The van der Waals surface area contributed by atoms with Gasteiger partial charge in [-0.05, 0) is 13.3 Å². The Hall–Kier alpha value is -1.89. The van der Waals surface area contributed by atoms with E-state index in [1.54, 1.807) is 17.9 Å². The van der Waals surface area contributed by atoms with Crippen LogP contribution in [-0.4, -0.2) is 64.7 Å². The Morgan fingerprint density at radius 1 is 1.37 bits per heavy atom. The molecule has 1 aromatic rings. The Morgan fingerprint density at radius 3 is 2.79 bits per heavy atom. The Balaban J connectivity index is 1.95. The highest BCUT2D eigenvalue weighted by molar-refractivity contribution is 5.91. The fraction of sp³-hybridized carbons (Fsp3) is 0.583. The molecular weight excluding hydrogens is 250 g/mol. The van der Waals surface area contributed by atoms with Crippen molar-refractivity contribution in [3.8, 4) is 0 Å². The summed E-state index contributed by atoms with van der Waals surface area (Å²) in [7, 11) is 0. The molecule has 0 saturated carbocycles. The summed E-state index contributed by atoms with van der Waals surface area (Å²) in [5.74, 6) is -0.785. The first-order valence-electron chi connectivity index (χ1n) is 6.23. The number of aryl methyl sites for hydroxylation is 1. The monoisotopic (exact) mass is 267 g/mol. The lowest BCUT2D eigenvalue weighted by molar-refractivity contribution is -0.138. The topological polar surface area (TPSA) is 86.9 Å². The zero-order chi connectivity index (χ0) is 13.8. The number of rotatable bonds is 3. The van der Waals surface area contributed by atoms with Crippen LogP contribution in [0.1, 0.15) is 22.7 Å². The van der Waals surface area contributed by atoms with Crippen LogP contribution in [-0.2, 0) is 4.79 Å². The summed E-state index contributed by atoms with van der Waals surface area (Å²) in [6.07, 6.45) is 0.756. The summed E-state index contributed by atoms with van der Waals surface area (Å²) >= 11 is 0. The quantitative estimate of drug-likeness (QED) is 0.842. The summed E-state index contributed by atoms with van der Waals surface area (Å²) in [5, 5.41) is 12.5. The van der Waals surface area contributed by atoms with Crippen LogP contribution < -0.4 is 0 Å². The minimum absolute atomic E-state index is 0.0173. The third-order valence-electron chi connectivity index (χ3n) is 3.07. The maximum Gasteiger partial charge on any atom is 0.317 e. The molecular formula is C12H17N3O4. The van der Waals surface area contributed by atoms with Crippen molar-refractivity contribution in [2.45, 2.75) is 13.3 Å². The van der Waals surface area contributed by atoms with Crippen LogP contribution in [0.5, 0.6) is 0 Å². The number of carbonyl (C=O) groups excluding carboxylic acids is 1. The van der Waals surface area contributed by atoms with Gasteiger partial charge in [0.25, 0.3) is 5.91 Å². The Labute approximate surface area is 110 Å². The zero-order valence-corrected chi connectivity index (χ0v) is 10.8. The van der Waals surface area contributed by atoms with E-state index in [1.807, 2.05) is 4.90 Å². The van der Waals surface area contributed by atoms with Crippen LogP contribution in [0.3, 0.4) is 0 Å². The maximum atomic E-state index is 12.2. The molecule has 1 aliphatic heterocycles. The van der Waals surface area contributed by atoms with Gasteiger partial charge in [0.15, 0.2) is 0 Å². The molecule has 1 aromatic heterocycles. The van der Waals surface area contributed by atoms with Gasteiger partial charge >= 0.3 is 5.97 Å². The van der Waals surface area contributed by atoms with E-state index >= 15 is 0 Å². The minimum Gasteiger partial charge on any atom is -0.480 e. The van der Waals surface area contributed by atoms with Crippen LogP contribution in [0.15, 0.2) is 10.6 Å². The van der Waals surface area contributed by atoms with Crippen molar-refractivity contribution in [1.82, 2.24) is 15.0 Å². The standard InChI is InChI=1S/C12H17N3O4/c1-9-7-10(19-13-9)12(18)15-4-2-3-14(5-6-15)8-11(16)17/h7H,2-6,8H2,1H3,(H,16,17). The SMILES string of the molecule is Cc1cc(C(=O)N2CCCN(CC(=O)O)CC2)on1. The summed E-state index contributed by atoms with van der Waals surface area (Å²) < 4.78 is 4.96. The van der Waals surface area contributed by atoms with Crippen LogP contribution in [0.4, 0.5) is 0 Å². The maximum absolute atomic E-state index is 12.2. The molecule has 1 saturated heterocycles.